The fourth-order valence-electron chi connectivity index (χ4n) is 1.47. The number of halogens is 2. The Morgan fingerprint density at radius 3 is 2.75 bits per heavy atom. The van der Waals surface area contributed by atoms with E-state index in [2.05, 4.69) is 0 Å². The zero-order valence-corrected chi connectivity index (χ0v) is 8.99. The van der Waals surface area contributed by atoms with Crippen molar-refractivity contribution in [3.8, 4) is 0 Å². The first-order chi connectivity index (χ1) is 7.56. The minimum Gasteiger partial charge on any atom is -0.388 e. The smallest absolute Gasteiger partial charge is 0.164 e. The van der Waals surface area contributed by atoms with Crippen molar-refractivity contribution >= 4 is 0 Å². The van der Waals surface area contributed by atoms with Gasteiger partial charge in [-0.25, -0.2) is 8.78 Å². The Morgan fingerprint density at radius 1 is 1.44 bits per heavy atom. The monoisotopic (exact) mass is 231 g/mol. The summed E-state index contributed by atoms with van der Waals surface area (Å²) in [5.74, 6) is -2.00. The highest BCUT2D eigenvalue weighted by Crippen LogP contribution is 2.22. The third kappa shape index (κ3) is 3.23. The van der Waals surface area contributed by atoms with Gasteiger partial charge in [0.05, 0.1) is 12.7 Å². The van der Waals surface area contributed by atoms with Crippen molar-refractivity contribution in [3.05, 3.63) is 35.4 Å². The van der Waals surface area contributed by atoms with E-state index in [1.165, 1.54) is 19.2 Å². The number of ether oxygens (including phenoxy) is 1. The van der Waals surface area contributed by atoms with Crippen molar-refractivity contribution in [2.24, 2.45) is 5.73 Å². The Labute approximate surface area is 92.8 Å². The average Bonchev–Trinajstić information content (AvgIpc) is 2.22. The Hall–Kier alpha value is -1.04. The first-order valence-corrected chi connectivity index (χ1v) is 4.92. The zero-order valence-electron chi connectivity index (χ0n) is 8.99. The van der Waals surface area contributed by atoms with Gasteiger partial charge in [-0.2, -0.15) is 0 Å². The van der Waals surface area contributed by atoms with Crippen LogP contribution in [0, 0.1) is 11.6 Å². The van der Waals surface area contributed by atoms with Crippen LogP contribution in [-0.4, -0.2) is 24.9 Å². The largest absolute Gasteiger partial charge is 0.388 e. The van der Waals surface area contributed by atoms with Gasteiger partial charge in [0.1, 0.15) is 0 Å². The van der Waals surface area contributed by atoms with Crippen LogP contribution in [0.2, 0.25) is 0 Å². The standard InChI is InChI=1S/C11H15F2NO2/c1-16-6-7(14)5-10(15)8-3-2-4-9(12)11(8)13/h2-4,7,10,15H,5-6,14H2,1H3. The minimum atomic E-state index is -1.12. The average molecular weight is 231 g/mol. The van der Waals surface area contributed by atoms with Crippen LogP contribution in [0.5, 0.6) is 0 Å². The van der Waals surface area contributed by atoms with Crippen molar-refractivity contribution in [1.29, 1.82) is 0 Å². The second kappa shape index (κ2) is 5.89. The molecule has 0 heterocycles. The van der Waals surface area contributed by atoms with Gasteiger partial charge >= 0.3 is 0 Å². The van der Waals surface area contributed by atoms with Gasteiger partial charge in [-0.1, -0.05) is 12.1 Å². The molecule has 90 valence electrons. The lowest BCUT2D eigenvalue weighted by atomic mass is 10.0. The van der Waals surface area contributed by atoms with Gasteiger partial charge in [-0.3, -0.25) is 0 Å². The summed E-state index contributed by atoms with van der Waals surface area (Å²) in [6, 6.07) is 3.27. The van der Waals surface area contributed by atoms with Gasteiger partial charge in [0.15, 0.2) is 11.6 Å². The third-order valence-electron chi connectivity index (χ3n) is 2.25. The highest BCUT2D eigenvalue weighted by Gasteiger charge is 2.18. The molecule has 5 heteroatoms. The van der Waals surface area contributed by atoms with Crippen LogP contribution in [-0.2, 0) is 4.74 Å². The number of benzene rings is 1. The number of hydrogen-bond acceptors (Lipinski definition) is 3. The molecule has 0 aliphatic rings. The van der Waals surface area contributed by atoms with E-state index in [-0.39, 0.29) is 18.6 Å². The molecule has 3 nitrogen and oxygen atoms in total. The first kappa shape index (κ1) is 13.0. The summed E-state index contributed by atoms with van der Waals surface area (Å²) in [6.45, 7) is 0.258. The molecule has 1 aromatic carbocycles. The van der Waals surface area contributed by atoms with Gasteiger partial charge in [-0.05, 0) is 12.5 Å². The fraction of sp³-hybridized carbons (Fsp3) is 0.455. The maximum absolute atomic E-state index is 13.3. The summed E-state index contributed by atoms with van der Waals surface area (Å²) >= 11 is 0. The maximum atomic E-state index is 13.3. The van der Waals surface area contributed by atoms with Gasteiger partial charge in [0, 0.05) is 18.7 Å². The Morgan fingerprint density at radius 2 is 2.12 bits per heavy atom. The van der Waals surface area contributed by atoms with E-state index in [0.717, 1.165) is 6.07 Å². The molecule has 2 atom stereocenters. The molecular formula is C11H15F2NO2. The molecule has 16 heavy (non-hydrogen) atoms. The lowest BCUT2D eigenvalue weighted by Crippen LogP contribution is -2.28. The first-order valence-electron chi connectivity index (χ1n) is 4.92. The van der Waals surface area contributed by atoms with E-state index in [1.807, 2.05) is 0 Å². The van der Waals surface area contributed by atoms with E-state index >= 15 is 0 Å². The molecular weight excluding hydrogens is 216 g/mol. The molecule has 1 rings (SSSR count). The molecule has 0 spiro atoms. The van der Waals surface area contributed by atoms with Gasteiger partial charge < -0.3 is 15.6 Å². The molecule has 0 aliphatic heterocycles. The Balaban J connectivity index is 2.72. The van der Waals surface area contributed by atoms with Crippen molar-refractivity contribution < 1.29 is 18.6 Å². The summed E-state index contributed by atoms with van der Waals surface area (Å²) in [6.07, 6.45) is -1.00. The number of hydrogen-bond donors (Lipinski definition) is 2. The van der Waals surface area contributed by atoms with Crippen LogP contribution in [0.1, 0.15) is 18.1 Å². The lowest BCUT2D eigenvalue weighted by molar-refractivity contribution is 0.119. The lowest BCUT2D eigenvalue weighted by Gasteiger charge is -2.16. The zero-order chi connectivity index (χ0) is 12.1. The summed E-state index contributed by atoms with van der Waals surface area (Å²) < 4.78 is 31.0. The molecule has 3 N–H and O–H groups in total. The molecule has 0 fully saturated rings. The highest BCUT2D eigenvalue weighted by molar-refractivity contribution is 5.21. The molecule has 0 aromatic heterocycles. The Bertz CT molecular complexity index is 347. The number of aliphatic hydroxyl groups excluding tert-OH is 1. The Kier molecular flexibility index (Phi) is 4.79. The highest BCUT2D eigenvalue weighted by atomic mass is 19.2. The van der Waals surface area contributed by atoms with E-state index in [9.17, 15) is 13.9 Å². The predicted molar refractivity (Wildman–Crippen MR) is 55.8 cm³/mol. The maximum Gasteiger partial charge on any atom is 0.164 e. The SMILES string of the molecule is COCC(N)CC(O)c1cccc(F)c1F. The fourth-order valence-corrected chi connectivity index (χ4v) is 1.47. The molecule has 0 radical (unpaired) electrons. The molecule has 2 unspecified atom stereocenters. The van der Waals surface area contributed by atoms with Crippen LogP contribution in [0.4, 0.5) is 8.78 Å². The van der Waals surface area contributed by atoms with Crippen LogP contribution >= 0.6 is 0 Å². The van der Waals surface area contributed by atoms with Gasteiger partial charge in [0.2, 0.25) is 0 Å². The van der Waals surface area contributed by atoms with E-state index in [0.29, 0.717) is 0 Å². The molecule has 0 saturated heterocycles. The van der Waals surface area contributed by atoms with Crippen molar-refractivity contribution in [1.82, 2.24) is 0 Å². The van der Waals surface area contributed by atoms with E-state index in [4.69, 9.17) is 10.5 Å². The minimum absolute atomic E-state index is 0.0773. The van der Waals surface area contributed by atoms with Crippen LogP contribution < -0.4 is 5.73 Å². The molecule has 1 aromatic rings. The van der Waals surface area contributed by atoms with Gasteiger partial charge in [0.25, 0.3) is 0 Å². The quantitative estimate of drug-likeness (QED) is 0.804. The van der Waals surface area contributed by atoms with Crippen LogP contribution in [0.25, 0.3) is 0 Å². The summed E-state index contributed by atoms with van der Waals surface area (Å²) in [4.78, 5) is 0. The van der Waals surface area contributed by atoms with Crippen molar-refractivity contribution in [2.75, 3.05) is 13.7 Å². The molecule has 0 saturated carbocycles. The van der Waals surface area contributed by atoms with E-state index < -0.39 is 23.8 Å². The summed E-state index contributed by atoms with van der Waals surface area (Å²) in [7, 11) is 1.48. The van der Waals surface area contributed by atoms with Gasteiger partial charge in [-0.15, -0.1) is 0 Å². The van der Waals surface area contributed by atoms with Crippen LogP contribution in [0.15, 0.2) is 18.2 Å². The second-order valence-electron chi connectivity index (χ2n) is 3.61. The predicted octanol–water partition coefficient (Wildman–Crippen LogP) is 1.36. The molecule has 0 aliphatic carbocycles. The topological polar surface area (TPSA) is 55.5 Å². The molecule has 0 amide bonds. The van der Waals surface area contributed by atoms with Crippen LogP contribution in [0.3, 0.4) is 0 Å². The van der Waals surface area contributed by atoms with E-state index in [1.54, 1.807) is 0 Å². The summed E-state index contributed by atoms with van der Waals surface area (Å²) in [5.41, 5.74) is 5.53. The number of rotatable bonds is 5. The normalized spacial score (nSPS) is 14.8. The van der Waals surface area contributed by atoms with Crippen molar-refractivity contribution in [3.63, 3.8) is 0 Å². The summed E-state index contributed by atoms with van der Waals surface area (Å²) in [5, 5.41) is 9.68. The number of methoxy groups -OCH3 is 1. The second-order valence-corrected chi connectivity index (χ2v) is 3.61. The number of aliphatic hydroxyl groups is 1. The third-order valence-corrected chi connectivity index (χ3v) is 2.25. The van der Waals surface area contributed by atoms with Crippen molar-refractivity contribution in [2.45, 2.75) is 18.6 Å². The molecule has 0 bridgehead atoms. The number of nitrogens with two attached hydrogens (primary N) is 1.